The number of anilines is 1. The van der Waals surface area contributed by atoms with Crippen molar-refractivity contribution >= 4 is 22.4 Å². The average Bonchev–Trinajstić information content (AvgIpc) is 3.13. The minimum absolute atomic E-state index is 0.0702. The molecule has 1 N–H and O–H groups in total. The molecule has 2 aromatic heterocycles. The Labute approximate surface area is 147 Å². The average molecular weight is 344 g/mol. The van der Waals surface area contributed by atoms with Gasteiger partial charge in [0.1, 0.15) is 0 Å². The predicted molar refractivity (Wildman–Crippen MR) is 97.2 cm³/mol. The smallest absolute Gasteiger partial charge is 0.223 e. The van der Waals surface area contributed by atoms with Crippen molar-refractivity contribution in [1.82, 2.24) is 14.9 Å². The van der Waals surface area contributed by atoms with Crippen LogP contribution in [0.2, 0.25) is 0 Å². The molecule has 1 fully saturated rings. The van der Waals surface area contributed by atoms with E-state index >= 15 is 0 Å². The molecule has 128 valence electrons. The van der Waals surface area contributed by atoms with Gasteiger partial charge in [-0.05, 0) is 50.3 Å². The third-order valence-electron chi connectivity index (χ3n) is 4.51. The van der Waals surface area contributed by atoms with Crippen LogP contribution in [0.4, 0.5) is 5.13 Å². The Balaban J connectivity index is 1.52. The number of pyridine rings is 1. The highest BCUT2D eigenvalue weighted by Gasteiger charge is 2.23. The Morgan fingerprint density at radius 2 is 2.21 bits per heavy atom. The van der Waals surface area contributed by atoms with E-state index in [4.69, 9.17) is 0 Å². The summed E-state index contributed by atoms with van der Waals surface area (Å²) in [7, 11) is 0. The molecule has 1 amide bonds. The molecule has 0 aromatic carbocycles. The molecule has 2 aromatic rings. The molecule has 5 nitrogen and oxygen atoms in total. The summed E-state index contributed by atoms with van der Waals surface area (Å²) in [6.07, 6.45) is 6.22. The number of likely N-dealkylation sites (tertiary alicyclic amines) is 1. The third kappa shape index (κ3) is 4.39. The molecule has 1 aliphatic heterocycles. The molecule has 1 unspecified atom stereocenters. The summed E-state index contributed by atoms with van der Waals surface area (Å²) in [6.45, 7) is 8.84. The molecular weight excluding hydrogens is 320 g/mol. The number of nitrogens with one attached hydrogen (secondary N) is 1. The van der Waals surface area contributed by atoms with Crippen molar-refractivity contribution in [1.29, 1.82) is 0 Å². The van der Waals surface area contributed by atoms with Gasteiger partial charge < -0.3 is 5.32 Å². The molecule has 6 heteroatoms. The number of aromatic nitrogens is 2. The second-order valence-electron chi connectivity index (χ2n) is 6.65. The Hall–Kier alpha value is -1.79. The molecule has 1 saturated heterocycles. The number of carbonyl (C=O) groups excluding carboxylic acids is 1. The number of hydrogen-bond donors (Lipinski definition) is 1. The van der Waals surface area contributed by atoms with Crippen molar-refractivity contribution in [3.05, 3.63) is 40.2 Å². The first-order valence-corrected chi connectivity index (χ1v) is 9.18. The molecule has 24 heavy (non-hydrogen) atoms. The SMILES string of the molecule is CC(=O)Nc1ncc(CN2CCC(Cc3cnc(C)c(C)c3)C2)s1. The van der Waals surface area contributed by atoms with E-state index in [9.17, 15) is 4.79 Å². The second kappa shape index (κ2) is 7.40. The molecule has 3 rings (SSSR count). The highest BCUT2D eigenvalue weighted by molar-refractivity contribution is 7.15. The number of aryl methyl sites for hydroxylation is 2. The lowest BCUT2D eigenvalue weighted by molar-refractivity contribution is -0.114. The first-order valence-electron chi connectivity index (χ1n) is 8.36. The first kappa shape index (κ1) is 17.0. The van der Waals surface area contributed by atoms with E-state index in [1.165, 1.54) is 29.3 Å². The Bertz CT molecular complexity index is 728. The van der Waals surface area contributed by atoms with Gasteiger partial charge in [-0.3, -0.25) is 14.7 Å². The predicted octanol–water partition coefficient (Wildman–Crippen LogP) is 3.18. The second-order valence-corrected chi connectivity index (χ2v) is 7.77. The van der Waals surface area contributed by atoms with Gasteiger partial charge in [0, 0.05) is 43.0 Å². The van der Waals surface area contributed by atoms with E-state index in [0.29, 0.717) is 11.0 Å². The van der Waals surface area contributed by atoms with Gasteiger partial charge in [-0.2, -0.15) is 0 Å². The fourth-order valence-electron chi connectivity index (χ4n) is 3.18. The van der Waals surface area contributed by atoms with Crippen LogP contribution in [0.3, 0.4) is 0 Å². The minimum atomic E-state index is -0.0702. The normalized spacial score (nSPS) is 18.0. The number of thiazole rings is 1. The van der Waals surface area contributed by atoms with Crippen LogP contribution >= 0.6 is 11.3 Å². The van der Waals surface area contributed by atoms with Gasteiger partial charge in [-0.15, -0.1) is 11.3 Å². The monoisotopic (exact) mass is 344 g/mol. The lowest BCUT2D eigenvalue weighted by Crippen LogP contribution is -2.20. The highest BCUT2D eigenvalue weighted by Crippen LogP contribution is 2.25. The molecule has 0 radical (unpaired) electrons. The maximum atomic E-state index is 11.1. The van der Waals surface area contributed by atoms with Crippen LogP contribution in [-0.4, -0.2) is 33.9 Å². The van der Waals surface area contributed by atoms with Crippen molar-refractivity contribution in [3.63, 3.8) is 0 Å². The molecule has 1 aliphatic rings. The molecule has 0 aliphatic carbocycles. The van der Waals surface area contributed by atoms with Crippen molar-refractivity contribution in [2.75, 3.05) is 18.4 Å². The van der Waals surface area contributed by atoms with E-state index < -0.39 is 0 Å². The van der Waals surface area contributed by atoms with Gasteiger partial charge in [-0.1, -0.05) is 6.07 Å². The van der Waals surface area contributed by atoms with Gasteiger partial charge in [0.15, 0.2) is 5.13 Å². The van der Waals surface area contributed by atoms with Gasteiger partial charge >= 0.3 is 0 Å². The van der Waals surface area contributed by atoms with Crippen LogP contribution in [0.25, 0.3) is 0 Å². The number of hydrogen-bond acceptors (Lipinski definition) is 5. The topological polar surface area (TPSA) is 58.1 Å². The van der Waals surface area contributed by atoms with E-state index in [0.717, 1.165) is 31.7 Å². The standard InChI is InChI=1S/C18H24N4OS/c1-12-6-16(8-19-13(12)2)7-15-4-5-22(10-15)11-17-9-20-18(24-17)21-14(3)23/h6,8-9,15H,4-5,7,10-11H2,1-3H3,(H,20,21,23). The number of amides is 1. The third-order valence-corrected chi connectivity index (χ3v) is 5.40. The summed E-state index contributed by atoms with van der Waals surface area (Å²) in [4.78, 5) is 23.5. The fraction of sp³-hybridized carbons (Fsp3) is 0.500. The van der Waals surface area contributed by atoms with Gasteiger partial charge in [0.2, 0.25) is 5.91 Å². The van der Waals surface area contributed by atoms with Gasteiger partial charge in [0.25, 0.3) is 0 Å². The first-order chi connectivity index (χ1) is 11.5. The van der Waals surface area contributed by atoms with Crippen LogP contribution in [0.5, 0.6) is 0 Å². The van der Waals surface area contributed by atoms with Crippen LogP contribution in [0, 0.1) is 19.8 Å². The summed E-state index contributed by atoms with van der Waals surface area (Å²) < 4.78 is 0. The van der Waals surface area contributed by atoms with E-state index in [-0.39, 0.29) is 5.91 Å². The Morgan fingerprint density at radius 1 is 1.38 bits per heavy atom. The molecule has 0 saturated carbocycles. The zero-order valence-corrected chi connectivity index (χ0v) is 15.3. The van der Waals surface area contributed by atoms with Gasteiger partial charge in [0.05, 0.1) is 0 Å². The molecule has 1 atom stereocenters. The maximum Gasteiger partial charge on any atom is 0.223 e. The zero-order valence-electron chi connectivity index (χ0n) is 14.5. The summed E-state index contributed by atoms with van der Waals surface area (Å²) >= 11 is 1.56. The van der Waals surface area contributed by atoms with Crippen molar-refractivity contribution in [2.45, 2.75) is 40.2 Å². The van der Waals surface area contributed by atoms with Crippen molar-refractivity contribution in [2.24, 2.45) is 5.92 Å². The molecule has 0 spiro atoms. The number of rotatable bonds is 5. The number of carbonyl (C=O) groups is 1. The maximum absolute atomic E-state index is 11.1. The quantitative estimate of drug-likeness (QED) is 0.905. The Kier molecular flexibility index (Phi) is 5.26. The Morgan fingerprint density at radius 3 is 2.96 bits per heavy atom. The van der Waals surface area contributed by atoms with E-state index in [2.05, 4.69) is 40.1 Å². The van der Waals surface area contributed by atoms with Crippen LogP contribution in [0.1, 0.15) is 35.0 Å². The van der Waals surface area contributed by atoms with Crippen LogP contribution in [-0.2, 0) is 17.8 Å². The minimum Gasteiger partial charge on any atom is -0.302 e. The lowest BCUT2D eigenvalue weighted by Gasteiger charge is -2.15. The van der Waals surface area contributed by atoms with Gasteiger partial charge in [-0.25, -0.2) is 4.98 Å². The van der Waals surface area contributed by atoms with Crippen LogP contribution in [0.15, 0.2) is 18.5 Å². The lowest BCUT2D eigenvalue weighted by atomic mass is 9.98. The van der Waals surface area contributed by atoms with Crippen LogP contribution < -0.4 is 5.32 Å². The van der Waals surface area contributed by atoms with E-state index in [1.54, 1.807) is 11.3 Å². The summed E-state index contributed by atoms with van der Waals surface area (Å²) in [5.74, 6) is 0.621. The number of nitrogens with zero attached hydrogens (tertiary/aromatic N) is 3. The van der Waals surface area contributed by atoms with E-state index in [1.807, 2.05) is 12.4 Å². The van der Waals surface area contributed by atoms with Crippen molar-refractivity contribution < 1.29 is 4.79 Å². The zero-order chi connectivity index (χ0) is 17.1. The largest absolute Gasteiger partial charge is 0.302 e. The summed E-state index contributed by atoms with van der Waals surface area (Å²) in [5.41, 5.74) is 3.74. The highest BCUT2D eigenvalue weighted by atomic mass is 32.1. The molecular formula is C18H24N4OS. The molecule has 3 heterocycles. The fourth-order valence-corrected chi connectivity index (χ4v) is 4.08. The summed E-state index contributed by atoms with van der Waals surface area (Å²) in [6, 6.07) is 2.27. The van der Waals surface area contributed by atoms with Crippen molar-refractivity contribution in [3.8, 4) is 0 Å². The molecule has 0 bridgehead atoms. The summed E-state index contributed by atoms with van der Waals surface area (Å²) in [5, 5.41) is 3.43.